The zero-order valence-corrected chi connectivity index (χ0v) is 17.3. The molecule has 0 fully saturated rings. The standard InChI is InChI=1S/C24H15F5N2S/c25-16-2-1-3-17(26)22(16)19-10-9-18(30-19)13-4-6-14(7-5-13)23-31-20-12-15(24(27,28)29)8-11-21(20)32-23/h1-8,11-12,18H,9-10H2. The van der Waals surface area contributed by atoms with Crippen LogP contribution in [0.25, 0.3) is 20.8 Å². The van der Waals surface area contributed by atoms with Crippen LogP contribution in [-0.2, 0) is 6.18 Å². The first-order valence-electron chi connectivity index (χ1n) is 9.89. The Morgan fingerprint density at radius 2 is 1.62 bits per heavy atom. The van der Waals surface area contributed by atoms with Crippen molar-refractivity contribution in [3.63, 3.8) is 0 Å². The van der Waals surface area contributed by atoms with E-state index in [-0.39, 0.29) is 11.6 Å². The minimum absolute atomic E-state index is 0.0701. The van der Waals surface area contributed by atoms with E-state index in [4.69, 9.17) is 0 Å². The minimum Gasteiger partial charge on any atom is -0.281 e. The summed E-state index contributed by atoms with van der Waals surface area (Å²) in [6.07, 6.45) is -3.29. The maximum absolute atomic E-state index is 14.1. The Labute approximate surface area is 184 Å². The number of halogens is 5. The van der Waals surface area contributed by atoms with Gasteiger partial charge in [0.1, 0.15) is 16.6 Å². The van der Waals surface area contributed by atoms with Crippen LogP contribution in [0.4, 0.5) is 22.0 Å². The smallest absolute Gasteiger partial charge is 0.281 e. The number of aliphatic imine (C=N–C) groups is 1. The first-order chi connectivity index (χ1) is 15.3. The van der Waals surface area contributed by atoms with Gasteiger partial charge in [-0.25, -0.2) is 13.8 Å². The fourth-order valence-electron chi connectivity index (χ4n) is 3.87. The fraction of sp³-hybridized carbons (Fsp3) is 0.167. The van der Waals surface area contributed by atoms with Gasteiger partial charge in [0.2, 0.25) is 0 Å². The van der Waals surface area contributed by atoms with E-state index in [9.17, 15) is 22.0 Å². The van der Waals surface area contributed by atoms with Crippen molar-refractivity contribution in [3.8, 4) is 10.6 Å². The Balaban J connectivity index is 1.41. The van der Waals surface area contributed by atoms with Crippen molar-refractivity contribution in [1.82, 2.24) is 4.98 Å². The van der Waals surface area contributed by atoms with Crippen LogP contribution in [0.15, 0.2) is 65.7 Å². The van der Waals surface area contributed by atoms with Gasteiger partial charge in [-0.1, -0.05) is 30.3 Å². The van der Waals surface area contributed by atoms with Crippen LogP contribution in [0.1, 0.15) is 35.6 Å². The van der Waals surface area contributed by atoms with Gasteiger partial charge in [-0.2, -0.15) is 13.2 Å². The Hall–Kier alpha value is -3.13. The second-order valence-electron chi connectivity index (χ2n) is 7.55. The number of rotatable bonds is 3. The molecule has 0 bridgehead atoms. The first kappa shape index (κ1) is 20.8. The summed E-state index contributed by atoms with van der Waals surface area (Å²) < 4.78 is 67.6. The molecule has 1 aliphatic heterocycles. The molecule has 0 saturated carbocycles. The van der Waals surface area contributed by atoms with Crippen LogP contribution < -0.4 is 0 Å². The average molecular weight is 458 g/mol. The first-order valence-corrected chi connectivity index (χ1v) is 10.7. The molecule has 162 valence electrons. The molecule has 0 radical (unpaired) electrons. The SMILES string of the molecule is Fc1cccc(F)c1C1=NC(c2ccc(-c3nc4cc(C(F)(F)F)ccc4s3)cc2)CC1. The molecule has 0 saturated heterocycles. The van der Waals surface area contributed by atoms with Gasteiger partial charge in [0.25, 0.3) is 0 Å². The highest BCUT2D eigenvalue weighted by Gasteiger charge is 2.31. The van der Waals surface area contributed by atoms with Gasteiger partial charge >= 0.3 is 6.18 Å². The fourth-order valence-corrected chi connectivity index (χ4v) is 4.82. The zero-order chi connectivity index (χ0) is 22.5. The summed E-state index contributed by atoms with van der Waals surface area (Å²) in [5.41, 5.74) is 1.62. The lowest BCUT2D eigenvalue weighted by Gasteiger charge is -2.07. The largest absolute Gasteiger partial charge is 0.416 e. The number of alkyl halides is 3. The maximum atomic E-state index is 14.1. The lowest BCUT2D eigenvalue weighted by Crippen LogP contribution is -2.03. The summed E-state index contributed by atoms with van der Waals surface area (Å²) in [5.74, 6) is -1.24. The Morgan fingerprint density at radius 3 is 2.31 bits per heavy atom. The molecule has 0 aliphatic carbocycles. The van der Waals surface area contributed by atoms with Crippen molar-refractivity contribution in [2.24, 2.45) is 4.99 Å². The summed E-state index contributed by atoms with van der Waals surface area (Å²) >= 11 is 1.32. The quantitative estimate of drug-likeness (QED) is 0.291. The lowest BCUT2D eigenvalue weighted by atomic mass is 10.0. The van der Waals surface area contributed by atoms with E-state index in [1.165, 1.54) is 35.6 Å². The van der Waals surface area contributed by atoms with Crippen molar-refractivity contribution in [3.05, 3.63) is 89.0 Å². The van der Waals surface area contributed by atoms with E-state index in [2.05, 4.69) is 9.98 Å². The number of benzene rings is 3. The van der Waals surface area contributed by atoms with Crippen LogP contribution in [0.3, 0.4) is 0 Å². The summed E-state index contributed by atoms with van der Waals surface area (Å²) in [6, 6.07) is 14.5. The molecule has 1 unspecified atom stereocenters. The van der Waals surface area contributed by atoms with Crippen molar-refractivity contribution in [2.45, 2.75) is 25.1 Å². The number of hydrogen-bond acceptors (Lipinski definition) is 3. The van der Waals surface area contributed by atoms with E-state index in [0.717, 1.165) is 23.3 Å². The van der Waals surface area contributed by atoms with E-state index >= 15 is 0 Å². The zero-order valence-electron chi connectivity index (χ0n) is 16.5. The van der Waals surface area contributed by atoms with Gasteiger partial charge in [0.05, 0.1) is 27.4 Å². The second-order valence-corrected chi connectivity index (χ2v) is 8.58. The number of nitrogens with zero attached hydrogens (tertiary/aromatic N) is 2. The Morgan fingerprint density at radius 1 is 0.906 bits per heavy atom. The minimum atomic E-state index is -4.41. The molecule has 2 nitrogen and oxygen atoms in total. The molecule has 1 aromatic heterocycles. The van der Waals surface area contributed by atoms with Crippen molar-refractivity contribution in [2.75, 3.05) is 0 Å². The third-order valence-electron chi connectivity index (χ3n) is 5.47. The molecule has 0 spiro atoms. The topological polar surface area (TPSA) is 25.2 Å². The van der Waals surface area contributed by atoms with Gasteiger partial charge < -0.3 is 0 Å². The molecule has 1 aliphatic rings. The number of aromatic nitrogens is 1. The number of fused-ring (bicyclic) bond motifs is 1. The Kier molecular flexibility index (Phi) is 5.04. The molecular formula is C24H15F5N2S. The number of thiazole rings is 1. The summed E-state index contributed by atoms with van der Waals surface area (Å²) in [7, 11) is 0. The molecular weight excluding hydrogens is 443 g/mol. The number of hydrogen-bond donors (Lipinski definition) is 0. The Bertz CT molecular complexity index is 1320. The van der Waals surface area contributed by atoms with Gasteiger partial charge in [0.15, 0.2) is 0 Å². The molecule has 0 N–H and O–H groups in total. The van der Waals surface area contributed by atoms with Gasteiger partial charge in [-0.05, 0) is 48.7 Å². The second kappa shape index (κ2) is 7.78. The molecule has 5 rings (SSSR count). The highest BCUT2D eigenvalue weighted by molar-refractivity contribution is 7.21. The van der Waals surface area contributed by atoms with Crippen LogP contribution in [-0.4, -0.2) is 10.7 Å². The van der Waals surface area contributed by atoms with E-state index < -0.39 is 23.4 Å². The summed E-state index contributed by atoms with van der Waals surface area (Å²) in [4.78, 5) is 8.90. The van der Waals surface area contributed by atoms with Gasteiger partial charge in [-0.3, -0.25) is 4.99 Å². The van der Waals surface area contributed by atoms with Crippen molar-refractivity contribution >= 4 is 27.3 Å². The van der Waals surface area contributed by atoms with E-state index in [1.54, 1.807) is 0 Å². The van der Waals surface area contributed by atoms with Crippen LogP contribution in [0.2, 0.25) is 0 Å². The van der Waals surface area contributed by atoms with Crippen LogP contribution in [0, 0.1) is 11.6 Å². The third-order valence-corrected chi connectivity index (χ3v) is 6.56. The predicted molar refractivity (Wildman–Crippen MR) is 115 cm³/mol. The molecule has 8 heteroatoms. The van der Waals surface area contributed by atoms with Crippen molar-refractivity contribution < 1.29 is 22.0 Å². The average Bonchev–Trinajstić information content (AvgIpc) is 3.40. The van der Waals surface area contributed by atoms with Gasteiger partial charge in [-0.15, -0.1) is 11.3 Å². The summed E-state index contributed by atoms with van der Waals surface area (Å²) in [6.45, 7) is 0. The molecule has 0 amide bonds. The third kappa shape index (κ3) is 3.79. The van der Waals surface area contributed by atoms with Gasteiger partial charge in [0, 0.05) is 11.3 Å². The molecule has 32 heavy (non-hydrogen) atoms. The normalized spacial score (nSPS) is 16.5. The molecule has 1 atom stereocenters. The highest BCUT2D eigenvalue weighted by Crippen LogP contribution is 2.37. The lowest BCUT2D eigenvalue weighted by molar-refractivity contribution is -0.137. The summed E-state index contributed by atoms with van der Waals surface area (Å²) in [5, 5.41) is 0.620. The highest BCUT2D eigenvalue weighted by atomic mass is 32.1. The molecule has 3 aromatic carbocycles. The maximum Gasteiger partial charge on any atom is 0.416 e. The van der Waals surface area contributed by atoms with Crippen molar-refractivity contribution in [1.29, 1.82) is 0 Å². The van der Waals surface area contributed by atoms with E-state index in [0.29, 0.717) is 33.8 Å². The van der Waals surface area contributed by atoms with E-state index in [1.807, 2.05) is 24.3 Å². The predicted octanol–water partition coefficient (Wildman–Crippen LogP) is 7.58. The monoisotopic (exact) mass is 458 g/mol. The molecule has 2 heterocycles. The van der Waals surface area contributed by atoms with Crippen LogP contribution in [0.5, 0.6) is 0 Å². The molecule has 4 aromatic rings. The van der Waals surface area contributed by atoms with Crippen LogP contribution >= 0.6 is 11.3 Å².